The van der Waals surface area contributed by atoms with E-state index in [1.807, 2.05) is 6.92 Å². The Kier molecular flexibility index (Phi) is 4.03. The van der Waals surface area contributed by atoms with E-state index >= 15 is 0 Å². The van der Waals surface area contributed by atoms with Crippen LogP contribution in [0.15, 0.2) is 0 Å². The number of carbonyl (C=O) groups is 4. The molecule has 8 heteroatoms. The van der Waals surface area contributed by atoms with Gasteiger partial charge in [-0.25, -0.2) is 0 Å². The molecular formula is C23H30O8. The second kappa shape index (κ2) is 6.01. The molecule has 1 spiro atoms. The SMILES string of the molecule is CC(=O)O[C@H]1CC[C@]23OC(=O)[C@@]1(C)[C@H]2[C@H](C(=O)O)[C@]12C[C@H](C)[C@](OC(C)=O)(CC[C@H]13)C2. The largest absolute Gasteiger partial charge is 0.481 e. The van der Waals surface area contributed by atoms with Crippen molar-refractivity contribution in [3.63, 3.8) is 0 Å². The molecule has 1 saturated heterocycles. The number of hydrogen-bond acceptors (Lipinski definition) is 7. The zero-order chi connectivity index (χ0) is 22.6. The molecule has 0 aromatic heterocycles. The summed E-state index contributed by atoms with van der Waals surface area (Å²) in [6, 6.07) is 0. The maximum absolute atomic E-state index is 13.2. The van der Waals surface area contributed by atoms with Crippen LogP contribution < -0.4 is 0 Å². The molecule has 0 amide bonds. The molecular weight excluding hydrogens is 404 g/mol. The minimum Gasteiger partial charge on any atom is -0.481 e. The van der Waals surface area contributed by atoms with Gasteiger partial charge in [0.1, 0.15) is 22.7 Å². The van der Waals surface area contributed by atoms with Crippen LogP contribution in [0.3, 0.4) is 0 Å². The predicted octanol–water partition coefficient (Wildman–Crippen LogP) is 2.47. The second-order valence-corrected chi connectivity index (χ2v) is 10.8. The summed E-state index contributed by atoms with van der Waals surface area (Å²) in [6.07, 6.45) is 2.65. The number of carbonyl (C=O) groups excluding carboxylic acids is 3. The van der Waals surface area contributed by atoms with Crippen molar-refractivity contribution in [2.75, 3.05) is 0 Å². The van der Waals surface area contributed by atoms with Crippen LogP contribution in [0.2, 0.25) is 0 Å². The second-order valence-electron chi connectivity index (χ2n) is 10.8. The predicted molar refractivity (Wildman–Crippen MR) is 104 cm³/mol. The van der Waals surface area contributed by atoms with Crippen molar-refractivity contribution in [3.05, 3.63) is 0 Å². The van der Waals surface area contributed by atoms with E-state index in [1.165, 1.54) is 13.8 Å². The van der Waals surface area contributed by atoms with Crippen LogP contribution in [-0.2, 0) is 33.4 Å². The molecule has 0 aromatic rings. The first-order chi connectivity index (χ1) is 14.4. The van der Waals surface area contributed by atoms with Crippen molar-refractivity contribution < 1.29 is 38.5 Å². The van der Waals surface area contributed by atoms with Crippen molar-refractivity contribution >= 4 is 23.9 Å². The van der Waals surface area contributed by atoms with E-state index in [-0.39, 0.29) is 17.8 Å². The molecule has 9 atom stereocenters. The minimum atomic E-state index is -1.20. The minimum absolute atomic E-state index is 0.0195. The number of aliphatic carboxylic acids is 1. The topological polar surface area (TPSA) is 116 Å². The highest BCUT2D eigenvalue weighted by Crippen LogP contribution is 2.79. The molecule has 1 heterocycles. The summed E-state index contributed by atoms with van der Waals surface area (Å²) in [4.78, 5) is 49.7. The number of hydrogen-bond donors (Lipinski definition) is 1. The third-order valence-electron chi connectivity index (χ3n) is 9.59. The lowest BCUT2D eigenvalue weighted by Gasteiger charge is -2.47. The Morgan fingerprint density at radius 3 is 2.45 bits per heavy atom. The number of carboxylic acids is 1. The molecule has 4 bridgehead atoms. The molecule has 4 aliphatic carbocycles. The monoisotopic (exact) mass is 434 g/mol. The number of carboxylic acid groups (broad SMARTS) is 1. The van der Waals surface area contributed by atoms with Crippen molar-refractivity contribution in [3.8, 4) is 0 Å². The quantitative estimate of drug-likeness (QED) is 0.532. The van der Waals surface area contributed by atoms with Gasteiger partial charge in [-0.15, -0.1) is 0 Å². The normalized spacial score (nSPS) is 51.5. The summed E-state index contributed by atoms with van der Waals surface area (Å²) in [5, 5.41) is 10.5. The average molecular weight is 434 g/mol. The average Bonchev–Trinajstić information content (AvgIpc) is 3.07. The highest BCUT2D eigenvalue weighted by atomic mass is 16.6. The van der Waals surface area contributed by atoms with Crippen molar-refractivity contribution in [2.45, 2.75) is 83.5 Å². The van der Waals surface area contributed by atoms with Crippen LogP contribution in [0.4, 0.5) is 0 Å². The van der Waals surface area contributed by atoms with Gasteiger partial charge in [0.05, 0.1) is 5.92 Å². The first-order valence-corrected chi connectivity index (χ1v) is 11.3. The summed E-state index contributed by atoms with van der Waals surface area (Å²) >= 11 is 0. The maximum atomic E-state index is 13.2. The van der Waals surface area contributed by atoms with Crippen LogP contribution in [-0.4, -0.2) is 46.3 Å². The van der Waals surface area contributed by atoms with Gasteiger partial charge in [0.2, 0.25) is 0 Å². The lowest BCUT2D eigenvalue weighted by molar-refractivity contribution is -0.173. The third kappa shape index (κ3) is 2.26. The highest BCUT2D eigenvalue weighted by Gasteiger charge is 2.85. The Morgan fingerprint density at radius 1 is 1.13 bits per heavy atom. The van der Waals surface area contributed by atoms with Crippen LogP contribution >= 0.6 is 0 Å². The zero-order valence-corrected chi connectivity index (χ0v) is 18.4. The van der Waals surface area contributed by atoms with Crippen LogP contribution in [0.25, 0.3) is 0 Å². The highest BCUT2D eigenvalue weighted by molar-refractivity contribution is 5.86. The fourth-order valence-corrected chi connectivity index (χ4v) is 8.86. The lowest BCUT2D eigenvalue weighted by Crippen LogP contribution is -2.54. The van der Waals surface area contributed by atoms with E-state index in [1.54, 1.807) is 6.92 Å². The summed E-state index contributed by atoms with van der Waals surface area (Å²) in [5.74, 6) is -3.73. The van der Waals surface area contributed by atoms with E-state index in [0.717, 1.165) is 0 Å². The van der Waals surface area contributed by atoms with Crippen molar-refractivity contribution in [2.24, 2.45) is 34.5 Å². The van der Waals surface area contributed by atoms with Gasteiger partial charge in [-0.05, 0) is 56.8 Å². The Morgan fingerprint density at radius 2 is 1.84 bits per heavy atom. The Bertz CT molecular complexity index is 898. The molecule has 4 saturated carbocycles. The van der Waals surface area contributed by atoms with Crippen molar-refractivity contribution in [1.82, 2.24) is 0 Å². The van der Waals surface area contributed by atoms with Gasteiger partial charge in [-0.1, -0.05) is 6.92 Å². The number of fused-ring (bicyclic) bond motifs is 1. The summed E-state index contributed by atoms with van der Waals surface area (Å²) in [6.45, 7) is 6.45. The molecule has 1 aliphatic heterocycles. The summed E-state index contributed by atoms with van der Waals surface area (Å²) in [7, 11) is 0. The van der Waals surface area contributed by atoms with E-state index in [4.69, 9.17) is 14.2 Å². The maximum Gasteiger partial charge on any atom is 0.316 e. The van der Waals surface area contributed by atoms with Gasteiger partial charge >= 0.3 is 23.9 Å². The summed E-state index contributed by atoms with van der Waals surface area (Å²) in [5.41, 5.74) is -3.34. The molecule has 0 aromatic carbocycles. The third-order valence-corrected chi connectivity index (χ3v) is 9.59. The van der Waals surface area contributed by atoms with Gasteiger partial charge in [0.15, 0.2) is 0 Å². The Hall–Kier alpha value is -2.12. The Labute approximate surface area is 181 Å². The van der Waals surface area contributed by atoms with E-state index in [0.29, 0.717) is 38.5 Å². The van der Waals surface area contributed by atoms with Crippen molar-refractivity contribution in [1.29, 1.82) is 0 Å². The molecule has 31 heavy (non-hydrogen) atoms. The first kappa shape index (κ1) is 20.8. The molecule has 1 N–H and O–H groups in total. The zero-order valence-electron chi connectivity index (χ0n) is 18.4. The molecule has 5 rings (SSSR count). The van der Waals surface area contributed by atoms with Crippen LogP contribution in [0, 0.1) is 34.5 Å². The lowest BCUT2D eigenvalue weighted by atomic mass is 9.59. The molecule has 5 fully saturated rings. The molecule has 170 valence electrons. The number of rotatable bonds is 3. The smallest absolute Gasteiger partial charge is 0.316 e. The number of esters is 3. The summed E-state index contributed by atoms with van der Waals surface area (Å²) < 4.78 is 17.6. The van der Waals surface area contributed by atoms with Gasteiger partial charge < -0.3 is 19.3 Å². The molecule has 5 aliphatic rings. The van der Waals surface area contributed by atoms with Gasteiger partial charge in [-0.2, -0.15) is 0 Å². The van der Waals surface area contributed by atoms with E-state index < -0.39 is 57.9 Å². The van der Waals surface area contributed by atoms with Gasteiger partial charge in [0.25, 0.3) is 0 Å². The van der Waals surface area contributed by atoms with Gasteiger partial charge in [0, 0.05) is 25.7 Å². The molecule has 0 unspecified atom stereocenters. The molecule has 8 nitrogen and oxygen atoms in total. The molecule has 0 radical (unpaired) electrons. The fraction of sp³-hybridized carbons (Fsp3) is 0.826. The standard InChI is InChI=1S/C23H30O8/c1-11-9-21-10-22(11,30-13(3)25)7-5-14(21)23-8-6-15(29-12(2)24)20(4,19(28)31-23)17(23)16(21)18(26)27/h11,14-17H,5-10H2,1-4H3,(H,26,27)/t11-,14+,15-,16+,17+,20+,21-,22-,23+/m0/s1. The first-order valence-electron chi connectivity index (χ1n) is 11.3. The fourth-order valence-electron chi connectivity index (χ4n) is 8.86. The van der Waals surface area contributed by atoms with Gasteiger partial charge in [-0.3, -0.25) is 19.2 Å². The Balaban J connectivity index is 1.66. The van der Waals surface area contributed by atoms with E-state index in [9.17, 15) is 24.3 Å². The van der Waals surface area contributed by atoms with Crippen LogP contribution in [0.1, 0.15) is 66.2 Å². The van der Waals surface area contributed by atoms with E-state index in [2.05, 4.69) is 0 Å². The number of ether oxygens (including phenoxy) is 3. The van der Waals surface area contributed by atoms with Crippen LogP contribution in [0.5, 0.6) is 0 Å².